The van der Waals surface area contributed by atoms with Gasteiger partial charge in [0.25, 0.3) is 0 Å². The fourth-order valence-electron chi connectivity index (χ4n) is 3.53. The molecule has 3 rings (SSSR count). The van der Waals surface area contributed by atoms with Gasteiger partial charge in [-0.15, -0.1) is 0 Å². The molecule has 0 N–H and O–H groups in total. The van der Waals surface area contributed by atoms with Gasteiger partial charge in [0.1, 0.15) is 0 Å². The van der Waals surface area contributed by atoms with E-state index in [1.54, 1.807) is 0 Å². The van der Waals surface area contributed by atoms with E-state index in [2.05, 4.69) is 10.1 Å². The lowest BCUT2D eigenvalue weighted by Crippen LogP contribution is -2.41. The molecule has 24 heavy (non-hydrogen) atoms. The SMILES string of the molecule is CC(C)(C)c1noc(CCC(=O)N2CCC(C3CCCO3)CC2)n1. The third-order valence-electron chi connectivity index (χ3n) is 5.07. The fourth-order valence-corrected chi connectivity index (χ4v) is 3.53. The predicted molar refractivity (Wildman–Crippen MR) is 89.6 cm³/mol. The molecule has 2 aliphatic heterocycles. The highest BCUT2D eigenvalue weighted by Gasteiger charge is 2.31. The van der Waals surface area contributed by atoms with Gasteiger partial charge in [-0.25, -0.2) is 0 Å². The first-order valence-corrected chi connectivity index (χ1v) is 9.16. The van der Waals surface area contributed by atoms with Crippen molar-refractivity contribution in [2.75, 3.05) is 19.7 Å². The molecule has 6 heteroatoms. The van der Waals surface area contributed by atoms with Gasteiger partial charge in [0.15, 0.2) is 5.82 Å². The lowest BCUT2D eigenvalue weighted by molar-refractivity contribution is -0.133. The van der Waals surface area contributed by atoms with E-state index in [9.17, 15) is 4.79 Å². The van der Waals surface area contributed by atoms with Crippen LogP contribution >= 0.6 is 0 Å². The van der Waals surface area contributed by atoms with Crippen molar-refractivity contribution < 1.29 is 14.1 Å². The molecular formula is C18H29N3O3. The van der Waals surface area contributed by atoms with Gasteiger partial charge in [-0.05, 0) is 31.6 Å². The number of piperidine rings is 1. The second-order valence-corrected chi connectivity index (χ2v) is 8.03. The Morgan fingerprint density at radius 1 is 1.25 bits per heavy atom. The number of aryl methyl sites for hydroxylation is 1. The second kappa shape index (κ2) is 7.21. The Bertz CT molecular complexity index is 550. The van der Waals surface area contributed by atoms with Gasteiger partial charge in [0.05, 0.1) is 6.10 Å². The molecule has 2 fully saturated rings. The van der Waals surface area contributed by atoms with E-state index < -0.39 is 0 Å². The quantitative estimate of drug-likeness (QED) is 0.846. The van der Waals surface area contributed by atoms with Crippen molar-refractivity contribution in [3.05, 3.63) is 11.7 Å². The van der Waals surface area contributed by atoms with Crippen molar-refractivity contribution in [3.8, 4) is 0 Å². The first-order valence-electron chi connectivity index (χ1n) is 9.16. The lowest BCUT2D eigenvalue weighted by atomic mass is 9.89. The van der Waals surface area contributed by atoms with Crippen molar-refractivity contribution in [2.45, 2.75) is 70.8 Å². The van der Waals surface area contributed by atoms with Gasteiger partial charge in [-0.2, -0.15) is 4.98 Å². The summed E-state index contributed by atoms with van der Waals surface area (Å²) in [6.07, 6.45) is 5.88. The zero-order chi connectivity index (χ0) is 17.2. The molecule has 134 valence electrons. The number of hydrogen-bond acceptors (Lipinski definition) is 5. The average Bonchev–Trinajstić information content (AvgIpc) is 3.23. The molecule has 2 aliphatic rings. The molecular weight excluding hydrogens is 306 g/mol. The number of aromatic nitrogens is 2. The Kier molecular flexibility index (Phi) is 5.23. The number of carbonyl (C=O) groups is 1. The Morgan fingerprint density at radius 2 is 2.00 bits per heavy atom. The summed E-state index contributed by atoms with van der Waals surface area (Å²) >= 11 is 0. The normalized spacial score (nSPS) is 23.0. The van der Waals surface area contributed by atoms with Crippen molar-refractivity contribution >= 4 is 5.91 Å². The molecule has 6 nitrogen and oxygen atoms in total. The van der Waals surface area contributed by atoms with Crippen LogP contribution in [0.4, 0.5) is 0 Å². The predicted octanol–water partition coefficient (Wildman–Crippen LogP) is 2.72. The largest absolute Gasteiger partial charge is 0.378 e. The summed E-state index contributed by atoms with van der Waals surface area (Å²) in [6, 6.07) is 0. The highest BCUT2D eigenvalue weighted by atomic mass is 16.5. The number of ether oxygens (including phenoxy) is 1. The van der Waals surface area contributed by atoms with Gasteiger partial charge < -0.3 is 14.2 Å². The van der Waals surface area contributed by atoms with Gasteiger partial charge in [0.2, 0.25) is 11.8 Å². The van der Waals surface area contributed by atoms with E-state index in [0.717, 1.165) is 32.5 Å². The van der Waals surface area contributed by atoms with Crippen molar-refractivity contribution in [1.82, 2.24) is 15.0 Å². The summed E-state index contributed by atoms with van der Waals surface area (Å²) in [5, 5.41) is 4.01. The highest BCUT2D eigenvalue weighted by molar-refractivity contribution is 5.76. The lowest BCUT2D eigenvalue weighted by Gasteiger charge is -2.34. The molecule has 1 aromatic heterocycles. The smallest absolute Gasteiger partial charge is 0.227 e. The number of nitrogens with zero attached hydrogens (tertiary/aromatic N) is 3. The van der Waals surface area contributed by atoms with E-state index in [1.165, 1.54) is 12.8 Å². The molecule has 1 unspecified atom stereocenters. The molecule has 0 radical (unpaired) electrons. The monoisotopic (exact) mass is 335 g/mol. The van der Waals surface area contributed by atoms with Crippen LogP contribution in [0, 0.1) is 5.92 Å². The summed E-state index contributed by atoms with van der Waals surface area (Å²) in [4.78, 5) is 18.8. The third kappa shape index (κ3) is 4.15. The Morgan fingerprint density at radius 3 is 2.58 bits per heavy atom. The minimum Gasteiger partial charge on any atom is -0.378 e. The average molecular weight is 335 g/mol. The van der Waals surface area contributed by atoms with Crippen LogP contribution < -0.4 is 0 Å². The van der Waals surface area contributed by atoms with Crippen LogP contribution in [0.1, 0.15) is 64.6 Å². The summed E-state index contributed by atoms with van der Waals surface area (Å²) in [6.45, 7) is 8.74. The molecule has 3 heterocycles. The molecule has 0 saturated carbocycles. The molecule has 1 atom stereocenters. The Balaban J connectivity index is 1.43. The van der Waals surface area contributed by atoms with Gasteiger partial charge in [-0.1, -0.05) is 25.9 Å². The van der Waals surface area contributed by atoms with Crippen LogP contribution in [0.25, 0.3) is 0 Å². The van der Waals surface area contributed by atoms with E-state index in [1.807, 2.05) is 25.7 Å². The maximum atomic E-state index is 12.4. The number of rotatable bonds is 4. The number of carbonyl (C=O) groups excluding carboxylic acids is 1. The first kappa shape index (κ1) is 17.4. The van der Waals surface area contributed by atoms with Crippen LogP contribution in [0.5, 0.6) is 0 Å². The zero-order valence-corrected chi connectivity index (χ0v) is 15.1. The molecule has 1 aromatic rings. The van der Waals surface area contributed by atoms with Crippen molar-refractivity contribution in [3.63, 3.8) is 0 Å². The van der Waals surface area contributed by atoms with Crippen LogP contribution in [-0.2, 0) is 21.4 Å². The summed E-state index contributed by atoms with van der Waals surface area (Å²) in [5.41, 5.74) is -0.129. The standard InChI is InChI=1S/C18H29N3O3/c1-18(2,3)17-19-15(24-20-17)6-7-16(22)21-10-8-13(9-11-21)14-5-4-12-23-14/h13-14H,4-12H2,1-3H3. The summed E-state index contributed by atoms with van der Waals surface area (Å²) < 4.78 is 11.1. The Labute approximate surface area is 143 Å². The molecule has 0 bridgehead atoms. The van der Waals surface area contributed by atoms with Crippen molar-refractivity contribution in [2.24, 2.45) is 5.92 Å². The van der Waals surface area contributed by atoms with E-state index in [-0.39, 0.29) is 11.3 Å². The zero-order valence-electron chi connectivity index (χ0n) is 15.1. The van der Waals surface area contributed by atoms with Crippen molar-refractivity contribution in [1.29, 1.82) is 0 Å². The van der Waals surface area contributed by atoms with Crippen LogP contribution in [0.15, 0.2) is 4.52 Å². The van der Waals surface area contributed by atoms with E-state index in [0.29, 0.717) is 36.6 Å². The summed E-state index contributed by atoms with van der Waals surface area (Å²) in [5.74, 6) is 2.07. The summed E-state index contributed by atoms with van der Waals surface area (Å²) in [7, 11) is 0. The maximum absolute atomic E-state index is 12.4. The minimum atomic E-state index is -0.129. The third-order valence-corrected chi connectivity index (χ3v) is 5.07. The second-order valence-electron chi connectivity index (χ2n) is 8.03. The minimum absolute atomic E-state index is 0.129. The van der Waals surface area contributed by atoms with E-state index >= 15 is 0 Å². The molecule has 0 aliphatic carbocycles. The molecule has 0 aromatic carbocycles. The molecule has 1 amide bonds. The molecule has 0 spiro atoms. The van der Waals surface area contributed by atoms with E-state index in [4.69, 9.17) is 9.26 Å². The Hall–Kier alpha value is -1.43. The maximum Gasteiger partial charge on any atom is 0.227 e. The number of likely N-dealkylation sites (tertiary alicyclic amines) is 1. The van der Waals surface area contributed by atoms with Gasteiger partial charge >= 0.3 is 0 Å². The first-order chi connectivity index (χ1) is 11.4. The molecule has 2 saturated heterocycles. The van der Waals surface area contributed by atoms with Crippen LogP contribution in [0.2, 0.25) is 0 Å². The fraction of sp³-hybridized carbons (Fsp3) is 0.833. The number of amides is 1. The van der Waals surface area contributed by atoms with Crippen LogP contribution in [-0.4, -0.2) is 46.7 Å². The highest BCUT2D eigenvalue weighted by Crippen LogP contribution is 2.29. The topological polar surface area (TPSA) is 68.5 Å². The van der Waals surface area contributed by atoms with Crippen LogP contribution in [0.3, 0.4) is 0 Å². The number of hydrogen-bond donors (Lipinski definition) is 0. The van der Waals surface area contributed by atoms with Gasteiger partial charge in [-0.3, -0.25) is 4.79 Å². The van der Waals surface area contributed by atoms with Gasteiger partial charge in [0, 0.05) is 38.0 Å².